The first-order valence-electron chi connectivity index (χ1n) is 7.28. The van der Waals surface area contributed by atoms with Crippen molar-refractivity contribution in [2.75, 3.05) is 5.43 Å². The van der Waals surface area contributed by atoms with Crippen molar-refractivity contribution >= 4 is 27.9 Å². The molecule has 2 aromatic carbocycles. The van der Waals surface area contributed by atoms with E-state index in [-0.39, 0.29) is 5.82 Å². The number of aromatic nitrogens is 4. The highest BCUT2D eigenvalue weighted by Gasteiger charge is 2.09. The zero-order valence-corrected chi connectivity index (χ0v) is 12.6. The van der Waals surface area contributed by atoms with Crippen LogP contribution in [0.5, 0.6) is 0 Å². The molecule has 0 aliphatic heterocycles. The van der Waals surface area contributed by atoms with Crippen LogP contribution in [-0.4, -0.2) is 19.8 Å². The molecule has 4 aromatic rings. The fourth-order valence-corrected chi connectivity index (χ4v) is 2.48. The molecule has 4 rings (SSSR count). The van der Waals surface area contributed by atoms with Gasteiger partial charge >= 0.3 is 0 Å². The molecule has 7 heteroatoms. The number of rotatable bonds is 4. The number of anilines is 1. The molecule has 2 N–H and O–H groups in total. The lowest BCUT2D eigenvalue weighted by Crippen LogP contribution is -2.21. The second-order valence-corrected chi connectivity index (χ2v) is 5.23. The summed E-state index contributed by atoms with van der Waals surface area (Å²) in [6.45, 7) is 3.95. The molecular weight excluding hydrogens is 307 g/mol. The minimum Gasteiger partial charge on any atom is -0.300 e. The van der Waals surface area contributed by atoms with E-state index in [2.05, 4.69) is 32.7 Å². The molecule has 0 unspecified atom stereocenters. The summed E-state index contributed by atoms with van der Waals surface area (Å²) >= 11 is 0. The molecule has 118 valence electrons. The third-order valence-electron chi connectivity index (χ3n) is 3.69. The summed E-state index contributed by atoms with van der Waals surface area (Å²) in [5, 5.41) is 14.3. The Morgan fingerprint density at radius 3 is 2.58 bits per heavy atom. The van der Waals surface area contributed by atoms with Crippen LogP contribution in [0.1, 0.15) is 5.56 Å². The van der Waals surface area contributed by atoms with E-state index in [0.717, 1.165) is 16.3 Å². The van der Waals surface area contributed by atoms with Gasteiger partial charge in [-0.25, -0.2) is 4.39 Å². The van der Waals surface area contributed by atoms with E-state index in [1.54, 1.807) is 23.0 Å². The Hall–Kier alpha value is -3.48. The van der Waals surface area contributed by atoms with Gasteiger partial charge in [0.25, 0.3) is 0 Å². The Kier molecular flexibility index (Phi) is 3.31. The average molecular weight is 320 g/mol. The lowest BCUT2D eigenvalue weighted by Gasteiger charge is -2.13. The van der Waals surface area contributed by atoms with Crippen molar-refractivity contribution in [3.05, 3.63) is 72.8 Å². The van der Waals surface area contributed by atoms with Crippen LogP contribution in [0.25, 0.3) is 22.1 Å². The fourth-order valence-electron chi connectivity index (χ4n) is 2.48. The first kappa shape index (κ1) is 14.1. The van der Waals surface area contributed by atoms with Crippen LogP contribution >= 0.6 is 0 Å². The number of hydrogen-bond donors (Lipinski definition) is 2. The Morgan fingerprint density at radius 1 is 1.04 bits per heavy atom. The van der Waals surface area contributed by atoms with Crippen molar-refractivity contribution in [3.8, 4) is 0 Å². The number of hydrazine groups is 1. The van der Waals surface area contributed by atoms with Crippen LogP contribution in [-0.2, 0) is 0 Å². The summed E-state index contributed by atoms with van der Waals surface area (Å²) in [5.74, 6) is 0.325. The van der Waals surface area contributed by atoms with Crippen LogP contribution in [0.3, 0.4) is 0 Å². The molecule has 0 spiro atoms. The molecule has 0 atom stereocenters. The monoisotopic (exact) mass is 320 g/mol. The Morgan fingerprint density at radius 2 is 1.79 bits per heavy atom. The van der Waals surface area contributed by atoms with Crippen molar-refractivity contribution in [3.63, 3.8) is 0 Å². The molecule has 0 saturated carbocycles. The van der Waals surface area contributed by atoms with E-state index < -0.39 is 0 Å². The normalized spacial score (nSPS) is 10.9. The number of halogens is 1. The van der Waals surface area contributed by atoms with Gasteiger partial charge in [-0.2, -0.15) is 4.52 Å². The van der Waals surface area contributed by atoms with Gasteiger partial charge in [-0.05, 0) is 29.8 Å². The number of nitrogens with zero attached hydrogens (tertiary/aromatic N) is 4. The lowest BCUT2D eigenvalue weighted by molar-refractivity contribution is 0.627. The van der Waals surface area contributed by atoms with Crippen LogP contribution in [0, 0.1) is 5.82 Å². The third-order valence-corrected chi connectivity index (χ3v) is 3.69. The molecule has 0 aliphatic carbocycles. The molecule has 0 amide bonds. The predicted octanol–water partition coefficient (Wildman–Crippen LogP) is 3.00. The smallest absolute Gasteiger partial charge is 0.185 e. The van der Waals surface area contributed by atoms with Gasteiger partial charge in [0.15, 0.2) is 11.5 Å². The summed E-state index contributed by atoms with van der Waals surface area (Å²) in [6, 6.07) is 13.9. The maximum atomic E-state index is 13.0. The Balaban J connectivity index is 1.66. The number of hydrogen-bond acceptors (Lipinski definition) is 5. The highest BCUT2D eigenvalue weighted by Crippen LogP contribution is 2.23. The number of fused-ring (bicyclic) bond motifs is 3. The maximum Gasteiger partial charge on any atom is 0.185 e. The second kappa shape index (κ2) is 5.62. The van der Waals surface area contributed by atoms with Crippen molar-refractivity contribution in [1.82, 2.24) is 25.2 Å². The molecule has 2 aromatic heterocycles. The van der Waals surface area contributed by atoms with E-state index in [1.165, 1.54) is 12.1 Å². The quantitative estimate of drug-likeness (QED) is 0.566. The Labute approximate surface area is 136 Å². The predicted molar refractivity (Wildman–Crippen MR) is 90.5 cm³/mol. The van der Waals surface area contributed by atoms with Gasteiger partial charge in [-0.1, -0.05) is 30.8 Å². The second-order valence-electron chi connectivity index (χ2n) is 5.23. The van der Waals surface area contributed by atoms with Crippen LogP contribution < -0.4 is 10.9 Å². The highest BCUT2D eigenvalue weighted by atomic mass is 19.1. The fraction of sp³-hybridized carbons (Fsp3) is 0. The molecular formula is C17H13FN6. The Bertz CT molecular complexity index is 1040. The summed E-state index contributed by atoms with van der Waals surface area (Å²) in [7, 11) is 0. The SMILES string of the molecule is C=C(NNc1nn2cnnc2c2ccccc12)c1ccc(F)cc1. The summed E-state index contributed by atoms with van der Waals surface area (Å²) < 4.78 is 14.6. The van der Waals surface area contributed by atoms with Crippen LogP contribution in [0.15, 0.2) is 61.4 Å². The van der Waals surface area contributed by atoms with Crippen LogP contribution in [0.2, 0.25) is 0 Å². The molecule has 24 heavy (non-hydrogen) atoms. The highest BCUT2D eigenvalue weighted by molar-refractivity contribution is 5.99. The standard InChI is InChI=1S/C17H13FN6/c1-11(12-6-8-13(18)9-7-12)20-21-16-14-4-2-3-5-15(14)17-22-19-10-24(17)23-16/h2-10,20H,1H2,(H,21,23). The maximum absolute atomic E-state index is 13.0. The van der Waals surface area contributed by atoms with Gasteiger partial charge in [-0.3, -0.25) is 10.9 Å². The van der Waals surface area contributed by atoms with Crippen molar-refractivity contribution in [2.24, 2.45) is 0 Å². The summed E-state index contributed by atoms with van der Waals surface area (Å²) in [4.78, 5) is 0. The first-order chi connectivity index (χ1) is 11.7. The van der Waals surface area contributed by atoms with Crippen molar-refractivity contribution in [2.45, 2.75) is 0 Å². The van der Waals surface area contributed by atoms with Crippen LogP contribution in [0.4, 0.5) is 10.2 Å². The third kappa shape index (κ3) is 2.41. The zero-order valence-electron chi connectivity index (χ0n) is 12.6. The zero-order chi connectivity index (χ0) is 16.5. The minimum atomic E-state index is -0.287. The molecule has 0 saturated heterocycles. The van der Waals surface area contributed by atoms with Gasteiger partial charge in [0.1, 0.15) is 12.1 Å². The molecule has 0 bridgehead atoms. The van der Waals surface area contributed by atoms with Gasteiger partial charge in [0, 0.05) is 10.8 Å². The topological polar surface area (TPSA) is 67.1 Å². The minimum absolute atomic E-state index is 0.287. The molecule has 2 heterocycles. The van der Waals surface area contributed by atoms with Gasteiger partial charge < -0.3 is 0 Å². The largest absolute Gasteiger partial charge is 0.300 e. The van der Waals surface area contributed by atoms with Gasteiger partial charge in [0.05, 0.1) is 5.70 Å². The molecule has 0 radical (unpaired) electrons. The average Bonchev–Trinajstić information content (AvgIpc) is 3.08. The van der Waals surface area contributed by atoms with Crippen molar-refractivity contribution < 1.29 is 4.39 Å². The summed E-state index contributed by atoms with van der Waals surface area (Å²) in [5.41, 5.74) is 8.12. The van der Waals surface area contributed by atoms with E-state index >= 15 is 0 Å². The van der Waals surface area contributed by atoms with E-state index in [4.69, 9.17) is 0 Å². The van der Waals surface area contributed by atoms with E-state index in [0.29, 0.717) is 17.2 Å². The van der Waals surface area contributed by atoms with Gasteiger partial charge in [0.2, 0.25) is 0 Å². The van der Waals surface area contributed by atoms with E-state index in [9.17, 15) is 4.39 Å². The molecule has 6 nitrogen and oxygen atoms in total. The number of nitrogens with one attached hydrogen (secondary N) is 2. The first-order valence-corrected chi connectivity index (χ1v) is 7.28. The van der Waals surface area contributed by atoms with Gasteiger partial charge in [-0.15, -0.1) is 15.3 Å². The molecule has 0 fully saturated rings. The van der Waals surface area contributed by atoms with E-state index in [1.807, 2.05) is 24.3 Å². The molecule has 0 aliphatic rings. The number of benzene rings is 2. The summed E-state index contributed by atoms with van der Waals surface area (Å²) in [6.07, 6.45) is 1.54. The van der Waals surface area contributed by atoms with Crippen molar-refractivity contribution in [1.29, 1.82) is 0 Å². The lowest BCUT2D eigenvalue weighted by atomic mass is 10.2.